The lowest BCUT2D eigenvalue weighted by atomic mass is 10.1. The van der Waals surface area contributed by atoms with Crippen LogP contribution in [0.15, 0.2) is 36.4 Å². The van der Waals surface area contributed by atoms with E-state index in [9.17, 15) is 14.0 Å². The van der Waals surface area contributed by atoms with Crippen molar-refractivity contribution < 1.29 is 18.7 Å². The van der Waals surface area contributed by atoms with E-state index >= 15 is 0 Å². The first-order chi connectivity index (χ1) is 11.8. The number of halogens is 1. The van der Waals surface area contributed by atoms with Gasteiger partial charge in [0.25, 0.3) is 0 Å². The molecule has 0 atom stereocenters. The molecule has 1 aromatic carbocycles. The molecular formula is C20H22FNO3. The number of ketones is 1. The van der Waals surface area contributed by atoms with Gasteiger partial charge in [-0.2, -0.15) is 0 Å². The second kappa shape index (κ2) is 7.92. The van der Waals surface area contributed by atoms with Gasteiger partial charge in [0, 0.05) is 29.1 Å². The fourth-order valence-corrected chi connectivity index (χ4v) is 2.89. The Bertz CT molecular complexity index is 818. The Labute approximate surface area is 146 Å². The average Bonchev–Trinajstić information content (AvgIpc) is 2.85. The number of ether oxygens (including phenoxy) is 1. The number of carbonyl (C=O) groups excluding carboxylic acids is 2. The summed E-state index contributed by atoms with van der Waals surface area (Å²) in [6.07, 6.45) is 2.62. The van der Waals surface area contributed by atoms with Crippen LogP contribution in [-0.2, 0) is 9.53 Å². The Kier molecular flexibility index (Phi) is 5.91. The Morgan fingerprint density at radius 3 is 2.56 bits per heavy atom. The largest absolute Gasteiger partial charge is 0.454 e. The molecule has 2 rings (SSSR count). The SMILES string of the molecule is Cc1cc(C(=O)COC(=O)/C=C/c2cccc(F)c2)c(C)n1C(C)C. The van der Waals surface area contributed by atoms with Crippen molar-refractivity contribution in [1.82, 2.24) is 4.57 Å². The summed E-state index contributed by atoms with van der Waals surface area (Å²) in [5.74, 6) is -1.27. The van der Waals surface area contributed by atoms with Crippen molar-refractivity contribution in [1.29, 1.82) is 0 Å². The van der Waals surface area contributed by atoms with Gasteiger partial charge in [-0.15, -0.1) is 0 Å². The molecular weight excluding hydrogens is 321 g/mol. The molecule has 0 spiro atoms. The van der Waals surface area contributed by atoms with Crippen molar-refractivity contribution in [2.24, 2.45) is 0 Å². The zero-order chi connectivity index (χ0) is 18.6. The van der Waals surface area contributed by atoms with Crippen LogP contribution in [0.25, 0.3) is 6.08 Å². The molecule has 1 heterocycles. The molecule has 0 aliphatic carbocycles. The minimum Gasteiger partial charge on any atom is -0.454 e. The Hall–Kier alpha value is -2.69. The van der Waals surface area contributed by atoms with Crippen molar-refractivity contribution in [3.8, 4) is 0 Å². The number of carbonyl (C=O) groups is 2. The number of nitrogens with zero attached hydrogens (tertiary/aromatic N) is 1. The minimum atomic E-state index is -0.643. The number of aryl methyl sites for hydroxylation is 1. The van der Waals surface area contributed by atoms with Crippen molar-refractivity contribution in [2.45, 2.75) is 33.7 Å². The molecule has 0 aliphatic rings. The summed E-state index contributed by atoms with van der Waals surface area (Å²) in [7, 11) is 0. The predicted molar refractivity (Wildman–Crippen MR) is 95.0 cm³/mol. The molecule has 0 saturated heterocycles. The van der Waals surface area contributed by atoms with Crippen LogP contribution in [0, 0.1) is 19.7 Å². The maximum absolute atomic E-state index is 13.1. The highest BCUT2D eigenvalue weighted by atomic mass is 19.1. The molecule has 0 radical (unpaired) electrons. The van der Waals surface area contributed by atoms with E-state index in [0.717, 1.165) is 11.4 Å². The number of hydrogen-bond donors (Lipinski definition) is 0. The van der Waals surface area contributed by atoms with Crippen LogP contribution in [0.1, 0.15) is 47.2 Å². The van der Waals surface area contributed by atoms with Crippen LogP contribution in [-0.4, -0.2) is 22.9 Å². The quantitative estimate of drug-likeness (QED) is 0.447. The molecule has 25 heavy (non-hydrogen) atoms. The molecule has 1 aromatic heterocycles. The standard InChI is InChI=1S/C20H22FNO3/c1-13(2)22-14(3)10-18(15(22)4)19(23)12-25-20(24)9-8-16-6-5-7-17(21)11-16/h5-11,13H,12H2,1-4H3/b9-8+. The highest BCUT2D eigenvalue weighted by Gasteiger charge is 2.18. The second-order valence-corrected chi connectivity index (χ2v) is 6.17. The monoisotopic (exact) mass is 343 g/mol. The Morgan fingerprint density at radius 1 is 1.24 bits per heavy atom. The third-order valence-corrected chi connectivity index (χ3v) is 3.91. The molecule has 0 amide bonds. The van der Waals surface area contributed by atoms with Crippen LogP contribution in [0.2, 0.25) is 0 Å². The van der Waals surface area contributed by atoms with Crippen LogP contribution in [0.4, 0.5) is 4.39 Å². The Balaban J connectivity index is 1.98. The molecule has 0 unspecified atom stereocenters. The summed E-state index contributed by atoms with van der Waals surface area (Å²) in [4.78, 5) is 24.1. The highest BCUT2D eigenvalue weighted by Crippen LogP contribution is 2.20. The van der Waals surface area contributed by atoms with Crippen molar-refractivity contribution in [3.63, 3.8) is 0 Å². The van der Waals surface area contributed by atoms with Gasteiger partial charge in [-0.05, 0) is 57.5 Å². The van der Waals surface area contributed by atoms with E-state index in [2.05, 4.69) is 4.57 Å². The number of benzene rings is 1. The lowest BCUT2D eigenvalue weighted by Gasteiger charge is -2.13. The maximum Gasteiger partial charge on any atom is 0.331 e. The molecule has 5 heteroatoms. The fraction of sp³-hybridized carbons (Fsp3) is 0.300. The molecule has 0 N–H and O–H groups in total. The van der Waals surface area contributed by atoms with E-state index in [-0.39, 0.29) is 24.2 Å². The maximum atomic E-state index is 13.1. The second-order valence-electron chi connectivity index (χ2n) is 6.17. The minimum absolute atomic E-state index is 0.243. The van der Waals surface area contributed by atoms with Gasteiger partial charge in [-0.25, -0.2) is 9.18 Å². The van der Waals surface area contributed by atoms with E-state index in [1.165, 1.54) is 24.3 Å². The fourth-order valence-electron chi connectivity index (χ4n) is 2.89. The van der Waals surface area contributed by atoms with Gasteiger partial charge in [0.05, 0.1) is 0 Å². The smallest absolute Gasteiger partial charge is 0.331 e. The van der Waals surface area contributed by atoms with Gasteiger partial charge in [-0.3, -0.25) is 4.79 Å². The molecule has 0 fully saturated rings. The first kappa shape index (κ1) is 18.6. The van der Waals surface area contributed by atoms with E-state index in [0.29, 0.717) is 11.1 Å². The summed E-state index contributed by atoms with van der Waals surface area (Å²) >= 11 is 0. The molecule has 132 valence electrons. The summed E-state index contributed by atoms with van der Waals surface area (Å²) < 4.78 is 20.1. The number of rotatable bonds is 6. The number of hydrogen-bond acceptors (Lipinski definition) is 3. The summed E-state index contributed by atoms with van der Waals surface area (Å²) in [6.45, 7) is 7.59. The zero-order valence-electron chi connectivity index (χ0n) is 14.9. The lowest BCUT2D eigenvalue weighted by molar-refractivity contribution is -0.136. The third kappa shape index (κ3) is 4.66. The summed E-state index contributed by atoms with van der Waals surface area (Å²) in [5, 5.41) is 0. The number of Topliss-reactive ketones (excluding diaryl/α,β-unsaturated/α-hetero) is 1. The van der Waals surface area contributed by atoms with E-state index in [1.54, 1.807) is 12.1 Å². The number of esters is 1. The van der Waals surface area contributed by atoms with Crippen LogP contribution >= 0.6 is 0 Å². The van der Waals surface area contributed by atoms with Crippen molar-refractivity contribution >= 4 is 17.8 Å². The van der Waals surface area contributed by atoms with Gasteiger partial charge >= 0.3 is 5.97 Å². The van der Waals surface area contributed by atoms with Gasteiger partial charge in [0.2, 0.25) is 5.78 Å². The summed E-state index contributed by atoms with van der Waals surface area (Å²) in [5.41, 5.74) is 2.97. The van der Waals surface area contributed by atoms with Crippen LogP contribution < -0.4 is 0 Å². The van der Waals surface area contributed by atoms with E-state index < -0.39 is 5.97 Å². The molecule has 0 aliphatic heterocycles. The normalized spacial score (nSPS) is 11.3. The van der Waals surface area contributed by atoms with Gasteiger partial charge < -0.3 is 9.30 Å². The topological polar surface area (TPSA) is 48.3 Å². The van der Waals surface area contributed by atoms with Crippen LogP contribution in [0.5, 0.6) is 0 Å². The van der Waals surface area contributed by atoms with Gasteiger partial charge in [0.15, 0.2) is 6.61 Å². The van der Waals surface area contributed by atoms with Crippen LogP contribution in [0.3, 0.4) is 0 Å². The summed E-state index contributed by atoms with van der Waals surface area (Å²) in [6, 6.07) is 7.90. The molecule has 2 aromatic rings. The van der Waals surface area contributed by atoms with E-state index in [4.69, 9.17) is 4.74 Å². The molecule has 0 saturated carbocycles. The predicted octanol–water partition coefficient (Wildman–Crippen LogP) is 4.26. The van der Waals surface area contributed by atoms with Crippen molar-refractivity contribution in [2.75, 3.05) is 6.61 Å². The van der Waals surface area contributed by atoms with Gasteiger partial charge in [-0.1, -0.05) is 12.1 Å². The lowest BCUT2D eigenvalue weighted by Crippen LogP contribution is -2.14. The zero-order valence-corrected chi connectivity index (χ0v) is 14.9. The molecule has 4 nitrogen and oxygen atoms in total. The first-order valence-electron chi connectivity index (χ1n) is 8.11. The Morgan fingerprint density at radius 2 is 1.96 bits per heavy atom. The van der Waals surface area contributed by atoms with Gasteiger partial charge in [0.1, 0.15) is 5.82 Å². The first-order valence-corrected chi connectivity index (χ1v) is 8.11. The highest BCUT2D eigenvalue weighted by molar-refractivity contribution is 6.00. The van der Waals surface area contributed by atoms with Crippen molar-refractivity contribution in [3.05, 3.63) is 64.7 Å². The van der Waals surface area contributed by atoms with E-state index in [1.807, 2.05) is 33.8 Å². The third-order valence-electron chi connectivity index (χ3n) is 3.91. The number of aromatic nitrogens is 1. The average molecular weight is 343 g/mol. The molecule has 0 bridgehead atoms.